The Balaban J connectivity index is 1.84. The molecule has 0 saturated carbocycles. The number of hydrogen-bond acceptors (Lipinski definition) is 1. The molecule has 1 N–H and O–H groups in total. The van der Waals surface area contributed by atoms with Gasteiger partial charge in [0.25, 0.3) is 0 Å². The molecule has 0 atom stereocenters. The quantitative estimate of drug-likeness (QED) is 0.581. The Bertz CT molecular complexity index is 278. The molecule has 0 aliphatic heterocycles. The number of aromatic amines is 1. The predicted molar refractivity (Wildman–Crippen MR) is 74.3 cm³/mol. The van der Waals surface area contributed by atoms with Crippen LogP contribution in [0.1, 0.15) is 76.2 Å². The van der Waals surface area contributed by atoms with Crippen molar-refractivity contribution in [1.29, 1.82) is 0 Å². The largest absolute Gasteiger partial charge is 0.349 e. The Morgan fingerprint density at radius 1 is 0.941 bits per heavy atom. The van der Waals surface area contributed by atoms with E-state index in [4.69, 9.17) is 0 Å². The van der Waals surface area contributed by atoms with E-state index in [1.807, 2.05) is 13.1 Å². The molecule has 0 aromatic carbocycles. The fourth-order valence-corrected chi connectivity index (χ4v) is 2.21. The molecule has 0 aliphatic carbocycles. The van der Waals surface area contributed by atoms with Gasteiger partial charge in [-0.15, -0.1) is 0 Å². The van der Waals surface area contributed by atoms with Crippen LogP contribution in [0, 0.1) is 6.92 Å². The molecule has 2 heteroatoms. The average Bonchev–Trinajstić information content (AvgIpc) is 2.73. The zero-order valence-corrected chi connectivity index (χ0v) is 11.6. The molecule has 1 heterocycles. The highest BCUT2D eigenvalue weighted by atomic mass is 14.9. The Labute approximate surface area is 106 Å². The predicted octanol–water partition coefficient (Wildman–Crippen LogP) is 4.79. The molecule has 1 rings (SSSR count). The lowest BCUT2D eigenvalue weighted by atomic mass is 10.1. The fraction of sp³-hybridized carbons (Fsp3) is 0.800. The van der Waals surface area contributed by atoms with Crippen LogP contribution in [0.5, 0.6) is 0 Å². The van der Waals surface area contributed by atoms with Gasteiger partial charge in [0.1, 0.15) is 5.82 Å². The Hall–Kier alpha value is -0.790. The van der Waals surface area contributed by atoms with Crippen molar-refractivity contribution >= 4 is 0 Å². The van der Waals surface area contributed by atoms with E-state index in [9.17, 15) is 0 Å². The maximum absolute atomic E-state index is 4.42. The summed E-state index contributed by atoms with van der Waals surface area (Å²) in [5.41, 5.74) is 1.23. The smallest absolute Gasteiger partial charge is 0.103 e. The summed E-state index contributed by atoms with van der Waals surface area (Å²) in [4.78, 5) is 7.56. The van der Waals surface area contributed by atoms with Gasteiger partial charge in [-0.05, 0) is 19.8 Å². The van der Waals surface area contributed by atoms with Crippen LogP contribution < -0.4 is 0 Å². The lowest BCUT2D eigenvalue weighted by Crippen LogP contribution is -1.87. The third-order valence-electron chi connectivity index (χ3n) is 3.30. The van der Waals surface area contributed by atoms with Crippen LogP contribution in [0.4, 0.5) is 0 Å². The molecule has 0 spiro atoms. The fourth-order valence-electron chi connectivity index (χ4n) is 2.21. The van der Waals surface area contributed by atoms with E-state index in [1.165, 1.54) is 63.5 Å². The molecule has 0 saturated heterocycles. The number of unbranched alkanes of at least 4 members (excludes halogenated alkanes) is 8. The summed E-state index contributed by atoms with van der Waals surface area (Å²) >= 11 is 0. The highest BCUT2D eigenvalue weighted by Gasteiger charge is 1.97. The third kappa shape index (κ3) is 7.19. The molecule has 0 unspecified atom stereocenters. The van der Waals surface area contributed by atoms with Crippen molar-refractivity contribution in [3.05, 3.63) is 17.7 Å². The van der Waals surface area contributed by atoms with E-state index in [2.05, 4.69) is 16.9 Å². The Morgan fingerprint density at radius 3 is 2.06 bits per heavy atom. The van der Waals surface area contributed by atoms with E-state index in [0.29, 0.717) is 0 Å². The maximum atomic E-state index is 4.42. The number of aromatic nitrogens is 2. The van der Waals surface area contributed by atoms with Gasteiger partial charge in [0.2, 0.25) is 0 Å². The van der Waals surface area contributed by atoms with Crippen LogP contribution in [0.15, 0.2) is 6.20 Å². The molecular formula is C15H28N2. The normalized spacial score (nSPS) is 10.9. The SMILES string of the molecule is CCCCCCCCCCCc1c[nH]c(C)n1. The van der Waals surface area contributed by atoms with Gasteiger partial charge in [0, 0.05) is 6.20 Å². The number of imidazole rings is 1. The molecule has 1 aromatic heterocycles. The van der Waals surface area contributed by atoms with Crippen LogP contribution in [0.25, 0.3) is 0 Å². The highest BCUT2D eigenvalue weighted by molar-refractivity contribution is 4.99. The van der Waals surface area contributed by atoms with Crippen molar-refractivity contribution in [3.8, 4) is 0 Å². The van der Waals surface area contributed by atoms with Crippen molar-refractivity contribution < 1.29 is 0 Å². The van der Waals surface area contributed by atoms with Gasteiger partial charge in [-0.3, -0.25) is 0 Å². The minimum Gasteiger partial charge on any atom is -0.349 e. The lowest BCUT2D eigenvalue weighted by molar-refractivity contribution is 0.564. The molecule has 0 bridgehead atoms. The number of rotatable bonds is 10. The minimum absolute atomic E-state index is 1.04. The monoisotopic (exact) mass is 236 g/mol. The van der Waals surface area contributed by atoms with Gasteiger partial charge in [-0.2, -0.15) is 0 Å². The third-order valence-corrected chi connectivity index (χ3v) is 3.30. The number of H-pyrrole nitrogens is 1. The van der Waals surface area contributed by atoms with Gasteiger partial charge in [-0.1, -0.05) is 58.3 Å². The van der Waals surface area contributed by atoms with Gasteiger partial charge in [-0.25, -0.2) is 4.98 Å². The van der Waals surface area contributed by atoms with E-state index in [0.717, 1.165) is 12.2 Å². The zero-order chi connectivity index (χ0) is 12.3. The van der Waals surface area contributed by atoms with Crippen molar-refractivity contribution in [2.75, 3.05) is 0 Å². The molecule has 2 nitrogen and oxygen atoms in total. The van der Waals surface area contributed by atoms with Crippen LogP contribution in [0.3, 0.4) is 0 Å². The summed E-state index contributed by atoms with van der Waals surface area (Å²) in [6.45, 7) is 4.29. The molecule has 98 valence electrons. The van der Waals surface area contributed by atoms with Gasteiger partial charge in [0.05, 0.1) is 5.69 Å². The highest BCUT2D eigenvalue weighted by Crippen LogP contribution is 2.11. The Kier molecular flexibility index (Phi) is 7.78. The summed E-state index contributed by atoms with van der Waals surface area (Å²) < 4.78 is 0. The van der Waals surface area contributed by atoms with E-state index >= 15 is 0 Å². The van der Waals surface area contributed by atoms with Crippen molar-refractivity contribution in [1.82, 2.24) is 9.97 Å². The van der Waals surface area contributed by atoms with Crippen molar-refractivity contribution in [2.24, 2.45) is 0 Å². The van der Waals surface area contributed by atoms with Gasteiger partial charge in [0.15, 0.2) is 0 Å². The van der Waals surface area contributed by atoms with Crippen LogP contribution in [0.2, 0.25) is 0 Å². The summed E-state index contributed by atoms with van der Waals surface area (Å²) in [6, 6.07) is 0. The van der Waals surface area contributed by atoms with E-state index in [-0.39, 0.29) is 0 Å². The van der Waals surface area contributed by atoms with Crippen LogP contribution in [-0.4, -0.2) is 9.97 Å². The van der Waals surface area contributed by atoms with Gasteiger partial charge >= 0.3 is 0 Å². The van der Waals surface area contributed by atoms with Crippen molar-refractivity contribution in [2.45, 2.75) is 78.1 Å². The molecule has 1 aromatic rings. The first kappa shape index (κ1) is 14.3. The standard InChI is InChI=1S/C15H28N2/c1-3-4-5-6-7-8-9-10-11-12-15-13-16-14(2)17-15/h13H,3-12H2,1-2H3,(H,16,17). The molecule has 17 heavy (non-hydrogen) atoms. The summed E-state index contributed by atoms with van der Waals surface area (Å²) in [5.74, 6) is 1.04. The Morgan fingerprint density at radius 2 is 1.53 bits per heavy atom. The number of aryl methyl sites for hydroxylation is 2. The minimum atomic E-state index is 1.04. The first-order valence-corrected chi connectivity index (χ1v) is 7.34. The average molecular weight is 236 g/mol. The second-order valence-electron chi connectivity index (χ2n) is 5.06. The van der Waals surface area contributed by atoms with Crippen molar-refractivity contribution in [3.63, 3.8) is 0 Å². The van der Waals surface area contributed by atoms with Gasteiger partial charge < -0.3 is 4.98 Å². The van der Waals surface area contributed by atoms with E-state index in [1.54, 1.807) is 0 Å². The van der Waals surface area contributed by atoms with E-state index < -0.39 is 0 Å². The number of hydrogen-bond donors (Lipinski definition) is 1. The maximum Gasteiger partial charge on any atom is 0.103 e. The zero-order valence-electron chi connectivity index (χ0n) is 11.6. The summed E-state index contributed by atoms with van der Waals surface area (Å²) in [5, 5.41) is 0. The summed E-state index contributed by atoms with van der Waals surface area (Å²) in [7, 11) is 0. The second kappa shape index (κ2) is 9.26. The molecule has 0 fully saturated rings. The molecule has 0 radical (unpaired) electrons. The molecule has 0 aliphatic rings. The van der Waals surface area contributed by atoms with Crippen LogP contribution >= 0.6 is 0 Å². The number of nitrogens with one attached hydrogen (secondary N) is 1. The van der Waals surface area contributed by atoms with Crippen LogP contribution in [-0.2, 0) is 6.42 Å². The first-order valence-electron chi connectivity index (χ1n) is 7.34. The summed E-state index contributed by atoms with van der Waals surface area (Å²) in [6.07, 6.45) is 15.7. The molecule has 0 amide bonds. The number of nitrogens with zero attached hydrogens (tertiary/aromatic N) is 1. The first-order chi connectivity index (χ1) is 8.33. The topological polar surface area (TPSA) is 28.7 Å². The molecular weight excluding hydrogens is 208 g/mol. The second-order valence-corrected chi connectivity index (χ2v) is 5.06. The lowest BCUT2D eigenvalue weighted by Gasteiger charge is -2.01.